The summed E-state index contributed by atoms with van der Waals surface area (Å²) in [5.74, 6) is 1.86. The molecule has 6 heteroatoms. The van der Waals surface area contributed by atoms with Gasteiger partial charge in [-0.1, -0.05) is 24.6 Å². The second kappa shape index (κ2) is 6.39. The molecule has 1 aromatic carbocycles. The van der Waals surface area contributed by atoms with Crippen LogP contribution in [0.5, 0.6) is 0 Å². The fourth-order valence-electron chi connectivity index (χ4n) is 2.53. The highest BCUT2D eigenvalue weighted by Gasteiger charge is 2.14. The van der Waals surface area contributed by atoms with Gasteiger partial charge in [0.05, 0.1) is 6.54 Å². The lowest BCUT2D eigenvalue weighted by Crippen LogP contribution is -2.29. The van der Waals surface area contributed by atoms with Crippen LogP contribution in [0.25, 0.3) is 0 Å². The third-order valence-electron chi connectivity index (χ3n) is 3.62. The fraction of sp³-hybridized carbons (Fsp3) is 0.400. The molecule has 0 fully saturated rings. The van der Waals surface area contributed by atoms with E-state index < -0.39 is 0 Å². The normalized spacial score (nSPS) is 14.1. The van der Waals surface area contributed by atoms with E-state index in [9.17, 15) is 4.79 Å². The molecule has 1 aromatic heterocycles. The van der Waals surface area contributed by atoms with Crippen molar-refractivity contribution in [3.8, 4) is 0 Å². The number of fused-ring (bicyclic) bond motifs is 1. The van der Waals surface area contributed by atoms with Crippen molar-refractivity contribution in [2.45, 2.75) is 38.8 Å². The van der Waals surface area contributed by atoms with Crippen molar-refractivity contribution in [3.05, 3.63) is 42.0 Å². The maximum atomic E-state index is 11.9. The third-order valence-corrected chi connectivity index (χ3v) is 3.62. The predicted octanol–water partition coefficient (Wildman–Crippen LogP) is 2.33. The van der Waals surface area contributed by atoms with E-state index in [4.69, 9.17) is 0 Å². The maximum Gasteiger partial charge on any atom is 0.319 e. The minimum absolute atomic E-state index is 0.229. The van der Waals surface area contributed by atoms with Crippen molar-refractivity contribution in [3.63, 3.8) is 0 Å². The first kappa shape index (κ1) is 13.6. The maximum absolute atomic E-state index is 11.9. The smallest absolute Gasteiger partial charge is 0.319 e. The molecule has 0 saturated heterocycles. The first-order valence-electron chi connectivity index (χ1n) is 7.34. The van der Waals surface area contributed by atoms with Gasteiger partial charge in [0.15, 0.2) is 5.82 Å². The summed E-state index contributed by atoms with van der Waals surface area (Å²) in [6.07, 6.45) is 4.52. The Hall–Kier alpha value is -2.37. The van der Waals surface area contributed by atoms with Gasteiger partial charge in [-0.25, -0.2) is 4.79 Å². The first-order valence-corrected chi connectivity index (χ1v) is 7.34. The molecule has 0 saturated carbocycles. The Morgan fingerprint density at radius 2 is 2.00 bits per heavy atom. The summed E-state index contributed by atoms with van der Waals surface area (Å²) in [6.45, 7) is 1.34. The van der Waals surface area contributed by atoms with Gasteiger partial charge in [0, 0.05) is 18.7 Å². The largest absolute Gasteiger partial charge is 0.331 e. The first-order chi connectivity index (χ1) is 10.3. The number of nitrogens with zero attached hydrogens (tertiary/aromatic N) is 3. The highest BCUT2D eigenvalue weighted by Crippen LogP contribution is 2.14. The molecule has 0 unspecified atom stereocenters. The molecule has 6 nitrogen and oxygen atoms in total. The molecule has 2 aromatic rings. The van der Waals surface area contributed by atoms with Gasteiger partial charge in [0.1, 0.15) is 5.82 Å². The molecule has 0 atom stereocenters. The molecule has 2 N–H and O–H groups in total. The van der Waals surface area contributed by atoms with E-state index in [0.717, 1.165) is 36.7 Å². The zero-order chi connectivity index (χ0) is 14.5. The van der Waals surface area contributed by atoms with Crippen LogP contribution in [-0.2, 0) is 19.5 Å². The highest BCUT2D eigenvalue weighted by atomic mass is 16.2. The van der Waals surface area contributed by atoms with Crippen molar-refractivity contribution >= 4 is 11.7 Å². The van der Waals surface area contributed by atoms with E-state index in [1.807, 2.05) is 30.3 Å². The van der Waals surface area contributed by atoms with E-state index in [0.29, 0.717) is 6.54 Å². The number of benzene rings is 1. The quantitative estimate of drug-likeness (QED) is 0.909. The van der Waals surface area contributed by atoms with Gasteiger partial charge in [0.25, 0.3) is 0 Å². The number of amides is 2. The van der Waals surface area contributed by atoms with E-state index in [-0.39, 0.29) is 6.03 Å². The summed E-state index contributed by atoms with van der Waals surface area (Å²) in [7, 11) is 0. The topological polar surface area (TPSA) is 71.8 Å². The second-order valence-corrected chi connectivity index (χ2v) is 5.17. The van der Waals surface area contributed by atoms with E-state index in [1.165, 1.54) is 12.8 Å². The van der Waals surface area contributed by atoms with Gasteiger partial charge >= 0.3 is 6.03 Å². The van der Waals surface area contributed by atoms with Crippen molar-refractivity contribution in [2.24, 2.45) is 0 Å². The molecule has 1 aliphatic rings. The van der Waals surface area contributed by atoms with E-state index in [2.05, 4.69) is 25.4 Å². The number of hydrogen-bond acceptors (Lipinski definition) is 3. The Morgan fingerprint density at radius 1 is 1.14 bits per heavy atom. The predicted molar refractivity (Wildman–Crippen MR) is 79.9 cm³/mol. The average Bonchev–Trinajstić information content (AvgIpc) is 2.73. The van der Waals surface area contributed by atoms with Crippen LogP contribution in [0.3, 0.4) is 0 Å². The number of carbonyl (C=O) groups excluding carboxylic acids is 1. The Kier molecular flexibility index (Phi) is 4.14. The summed E-state index contributed by atoms with van der Waals surface area (Å²) in [5.41, 5.74) is 0.773. The minimum atomic E-state index is -0.229. The Morgan fingerprint density at radius 3 is 2.86 bits per heavy atom. The molecule has 1 aliphatic heterocycles. The van der Waals surface area contributed by atoms with Crippen LogP contribution in [0.1, 0.15) is 30.9 Å². The van der Waals surface area contributed by atoms with Crippen molar-refractivity contribution in [2.75, 3.05) is 5.32 Å². The molecule has 3 rings (SSSR count). The van der Waals surface area contributed by atoms with Crippen molar-refractivity contribution in [1.29, 1.82) is 0 Å². The molecular weight excluding hydrogens is 266 g/mol. The molecule has 110 valence electrons. The van der Waals surface area contributed by atoms with Crippen molar-refractivity contribution in [1.82, 2.24) is 20.1 Å². The Balaban J connectivity index is 1.58. The Bertz CT molecular complexity index is 608. The van der Waals surface area contributed by atoms with Gasteiger partial charge in [0.2, 0.25) is 0 Å². The lowest BCUT2D eigenvalue weighted by atomic mass is 10.2. The Labute approximate surface area is 123 Å². The summed E-state index contributed by atoms with van der Waals surface area (Å²) in [6, 6.07) is 9.15. The number of hydrogen-bond donors (Lipinski definition) is 2. The average molecular weight is 285 g/mol. The van der Waals surface area contributed by atoms with Gasteiger partial charge in [-0.15, -0.1) is 10.2 Å². The van der Waals surface area contributed by atoms with Crippen LogP contribution in [-0.4, -0.2) is 20.8 Å². The number of urea groups is 1. The molecular formula is C15H19N5O. The van der Waals surface area contributed by atoms with Crippen LogP contribution in [0.15, 0.2) is 30.3 Å². The van der Waals surface area contributed by atoms with Crippen LogP contribution in [0.2, 0.25) is 0 Å². The number of aryl methyl sites for hydroxylation is 1. The second-order valence-electron chi connectivity index (χ2n) is 5.17. The van der Waals surface area contributed by atoms with Crippen LogP contribution < -0.4 is 10.6 Å². The number of para-hydroxylation sites is 1. The highest BCUT2D eigenvalue weighted by molar-refractivity contribution is 5.89. The number of carbonyl (C=O) groups is 1. The fourth-order valence-corrected chi connectivity index (χ4v) is 2.53. The molecule has 21 heavy (non-hydrogen) atoms. The van der Waals surface area contributed by atoms with Gasteiger partial charge in [-0.05, 0) is 25.0 Å². The van der Waals surface area contributed by atoms with Crippen molar-refractivity contribution < 1.29 is 4.79 Å². The number of aromatic nitrogens is 3. The lowest BCUT2D eigenvalue weighted by molar-refractivity contribution is 0.251. The molecule has 0 bridgehead atoms. The lowest BCUT2D eigenvalue weighted by Gasteiger charge is -2.09. The van der Waals surface area contributed by atoms with Crippen LogP contribution in [0.4, 0.5) is 10.5 Å². The van der Waals surface area contributed by atoms with E-state index >= 15 is 0 Å². The number of nitrogens with one attached hydrogen (secondary N) is 2. The minimum Gasteiger partial charge on any atom is -0.331 e. The van der Waals surface area contributed by atoms with Gasteiger partial charge in [-0.3, -0.25) is 0 Å². The van der Waals surface area contributed by atoms with Crippen LogP contribution >= 0.6 is 0 Å². The summed E-state index contributed by atoms with van der Waals surface area (Å²) in [4.78, 5) is 11.9. The zero-order valence-corrected chi connectivity index (χ0v) is 11.9. The summed E-state index contributed by atoms with van der Waals surface area (Å²) >= 11 is 0. The third kappa shape index (κ3) is 3.39. The summed E-state index contributed by atoms with van der Waals surface area (Å²) < 4.78 is 2.13. The SMILES string of the molecule is O=C(NCc1nnc2n1CCCCC2)Nc1ccccc1. The molecule has 2 amide bonds. The number of anilines is 1. The van der Waals surface area contributed by atoms with Gasteiger partial charge < -0.3 is 15.2 Å². The number of rotatable bonds is 3. The zero-order valence-electron chi connectivity index (χ0n) is 11.9. The molecule has 0 spiro atoms. The monoisotopic (exact) mass is 285 g/mol. The van der Waals surface area contributed by atoms with E-state index in [1.54, 1.807) is 0 Å². The van der Waals surface area contributed by atoms with Crippen LogP contribution in [0, 0.1) is 0 Å². The summed E-state index contributed by atoms with van der Waals surface area (Å²) in [5, 5.41) is 14.0. The standard InChI is InChI=1S/C15H19N5O/c21-15(17-12-7-3-1-4-8-12)16-11-14-19-18-13-9-5-2-6-10-20(13)14/h1,3-4,7-8H,2,5-6,9-11H2,(H2,16,17,21). The molecule has 0 aliphatic carbocycles. The molecule has 2 heterocycles. The van der Waals surface area contributed by atoms with Gasteiger partial charge in [-0.2, -0.15) is 0 Å². The molecule has 0 radical (unpaired) electrons.